The summed E-state index contributed by atoms with van der Waals surface area (Å²) in [5.41, 5.74) is 1.48. The Bertz CT molecular complexity index is 274. The van der Waals surface area contributed by atoms with Gasteiger partial charge in [-0.3, -0.25) is 0 Å². The van der Waals surface area contributed by atoms with E-state index in [0.29, 0.717) is 0 Å². The largest absolute Gasteiger partial charge is 0.374 e. The summed E-state index contributed by atoms with van der Waals surface area (Å²) in [5, 5.41) is 1.27. The van der Waals surface area contributed by atoms with Crippen LogP contribution in [-0.4, -0.2) is 26.5 Å². The Hall–Kier alpha value is -0.253. The summed E-state index contributed by atoms with van der Waals surface area (Å²) in [6, 6.07) is 12.1. The van der Waals surface area contributed by atoms with E-state index in [1.165, 1.54) is 17.0 Å². The summed E-state index contributed by atoms with van der Waals surface area (Å²) in [7, 11) is 0.664. The summed E-state index contributed by atoms with van der Waals surface area (Å²) < 4.78 is 5.07. The first-order valence-corrected chi connectivity index (χ1v) is 9.81. The van der Waals surface area contributed by atoms with Crippen molar-refractivity contribution in [2.75, 3.05) is 18.4 Å². The van der Waals surface area contributed by atoms with E-state index in [2.05, 4.69) is 43.4 Å². The van der Waals surface area contributed by atoms with E-state index in [-0.39, 0.29) is 0 Å². The number of benzene rings is 1. The molecule has 1 aromatic carbocycles. The van der Waals surface area contributed by atoms with Gasteiger partial charge >= 0.3 is 0 Å². The van der Waals surface area contributed by atoms with Gasteiger partial charge in [-0.05, 0) is 11.4 Å². The second kappa shape index (κ2) is 6.36. The highest BCUT2D eigenvalue weighted by Gasteiger charge is 2.20. The molecular weight excluding hydrogens is 220 g/mol. The molecule has 0 saturated carbocycles. The average Bonchev–Trinajstić information content (AvgIpc) is 2.18. The van der Waals surface area contributed by atoms with E-state index in [1.54, 1.807) is 7.11 Å². The maximum absolute atomic E-state index is 5.07. The number of hydrogen-bond donors (Lipinski definition) is 0. The summed E-state index contributed by atoms with van der Waals surface area (Å²) in [6.45, 7) is 4.89. The fraction of sp³-hybridized carbons (Fsp3) is 0.500. The minimum atomic E-state index is -1.10. The fourth-order valence-corrected chi connectivity index (χ4v) is 6.06. The van der Waals surface area contributed by atoms with Gasteiger partial charge in [0.2, 0.25) is 0 Å². The van der Waals surface area contributed by atoms with Gasteiger partial charge in [-0.1, -0.05) is 49.0 Å². The maximum Gasteiger partial charge on any atom is 0.0914 e. The van der Waals surface area contributed by atoms with Crippen molar-refractivity contribution >= 4 is 19.8 Å². The molecule has 0 aliphatic carbocycles. The van der Waals surface area contributed by atoms with Gasteiger partial charge in [-0.25, -0.2) is 0 Å². The van der Waals surface area contributed by atoms with Crippen molar-refractivity contribution in [1.29, 1.82) is 0 Å². The molecule has 0 heterocycles. The second-order valence-electron chi connectivity index (χ2n) is 4.58. The molecule has 0 bridgehead atoms. The van der Waals surface area contributed by atoms with Gasteiger partial charge in [0.15, 0.2) is 0 Å². The third-order valence-corrected chi connectivity index (χ3v) is 7.93. The molecular formula is C12H20OSSi. The smallest absolute Gasteiger partial charge is 0.0914 e. The third-order valence-electron chi connectivity index (χ3n) is 2.22. The molecule has 84 valence electrons. The van der Waals surface area contributed by atoms with Gasteiger partial charge < -0.3 is 4.74 Å². The Kier molecular flexibility index (Phi) is 5.43. The quantitative estimate of drug-likeness (QED) is 0.428. The zero-order valence-corrected chi connectivity index (χ0v) is 11.6. The standard InChI is InChI=1S/C12H20OSSi/c1-13-10-14-11-15(2,3)9-12-7-5-4-6-8-12/h4-8H,9-11H2,1-3H3. The van der Waals surface area contributed by atoms with Crippen LogP contribution in [0.2, 0.25) is 13.1 Å². The van der Waals surface area contributed by atoms with Crippen molar-refractivity contribution in [3.63, 3.8) is 0 Å². The topological polar surface area (TPSA) is 9.23 Å². The number of ether oxygens (including phenoxy) is 1. The van der Waals surface area contributed by atoms with Crippen LogP contribution in [0.3, 0.4) is 0 Å². The number of hydrogen-bond acceptors (Lipinski definition) is 2. The Morgan fingerprint density at radius 2 is 1.87 bits per heavy atom. The molecule has 0 amide bonds. The van der Waals surface area contributed by atoms with E-state index in [4.69, 9.17) is 4.74 Å². The van der Waals surface area contributed by atoms with Gasteiger partial charge in [-0.15, -0.1) is 11.8 Å². The Morgan fingerprint density at radius 1 is 1.20 bits per heavy atom. The summed E-state index contributed by atoms with van der Waals surface area (Å²) in [6.07, 6.45) is 0. The number of rotatable bonds is 6. The lowest BCUT2D eigenvalue weighted by Crippen LogP contribution is -2.33. The van der Waals surface area contributed by atoms with Crippen molar-refractivity contribution in [1.82, 2.24) is 0 Å². The van der Waals surface area contributed by atoms with Crippen LogP contribution < -0.4 is 0 Å². The van der Waals surface area contributed by atoms with Crippen molar-refractivity contribution in [2.45, 2.75) is 19.1 Å². The summed E-state index contributed by atoms with van der Waals surface area (Å²) >= 11 is 1.92. The van der Waals surface area contributed by atoms with Crippen molar-refractivity contribution < 1.29 is 4.74 Å². The van der Waals surface area contributed by atoms with Crippen LogP contribution in [0, 0.1) is 0 Å². The van der Waals surface area contributed by atoms with Crippen LogP contribution >= 0.6 is 11.8 Å². The summed E-state index contributed by atoms with van der Waals surface area (Å²) in [5.74, 6) is 0.825. The first-order chi connectivity index (χ1) is 7.14. The highest BCUT2D eigenvalue weighted by atomic mass is 32.2. The van der Waals surface area contributed by atoms with Crippen LogP contribution in [0.15, 0.2) is 30.3 Å². The van der Waals surface area contributed by atoms with Crippen LogP contribution in [0.25, 0.3) is 0 Å². The molecule has 1 nitrogen and oxygen atoms in total. The molecule has 0 aliphatic rings. The molecule has 0 unspecified atom stereocenters. The predicted octanol–water partition coefficient (Wildman–Crippen LogP) is 3.35. The zero-order chi connectivity index (χ0) is 11.1. The van der Waals surface area contributed by atoms with Crippen LogP contribution in [0.1, 0.15) is 5.56 Å². The first kappa shape index (κ1) is 12.8. The lowest BCUT2D eigenvalue weighted by Gasteiger charge is -2.21. The fourth-order valence-electron chi connectivity index (χ4n) is 1.60. The van der Waals surface area contributed by atoms with Gasteiger partial charge in [0.25, 0.3) is 0 Å². The van der Waals surface area contributed by atoms with Crippen LogP contribution in [0.4, 0.5) is 0 Å². The van der Waals surface area contributed by atoms with Gasteiger partial charge in [0, 0.05) is 7.11 Å². The van der Waals surface area contributed by atoms with E-state index < -0.39 is 8.07 Å². The normalized spacial score (nSPS) is 11.7. The molecule has 0 fully saturated rings. The molecule has 0 N–H and O–H groups in total. The Labute approximate surface area is 98.2 Å². The average molecular weight is 240 g/mol. The highest BCUT2D eigenvalue weighted by molar-refractivity contribution is 8.00. The Morgan fingerprint density at radius 3 is 2.47 bits per heavy atom. The molecule has 1 rings (SSSR count). The SMILES string of the molecule is COCSC[Si](C)(C)Cc1ccccc1. The molecule has 0 atom stereocenters. The first-order valence-electron chi connectivity index (χ1n) is 5.25. The van der Waals surface area contributed by atoms with Crippen LogP contribution in [-0.2, 0) is 10.8 Å². The van der Waals surface area contributed by atoms with E-state index in [0.717, 1.165) is 5.94 Å². The molecule has 0 aliphatic heterocycles. The molecule has 0 saturated heterocycles. The molecule has 0 spiro atoms. The number of methoxy groups -OCH3 is 1. The minimum absolute atomic E-state index is 0.825. The van der Waals surface area contributed by atoms with Crippen molar-refractivity contribution in [3.05, 3.63) is 35.9 Å². The van der Waals surface area contributed by atoms with E-state index >= 15 is 0 Å². The molecule has 0 aromatic heterocycles. The zero-order valence-electron chi connectivity index (χ0n) is 9.82. The monoisotopic (exact) mass is 240 g/mol. The predicted molar refractivity (Wildman–Crippen MR) is 72.0 cm³/mol. The van der Waals surface area contributed by atoms with Crippen LogP contribution in [0.5, 0.6) is 0 Å². The van der Waals surface area contributed by atoms with E-state index in [9.17, 15) is 0 Å². The highest BCUT2D eigenvalue weighted by Crippen LogP contribution is 2.17. The van der Waals surface area contributed by atoms with Gasteiger partial charge in [-0.2, -0.15) is 0 Å². The summed E-state index contributed by atoms with van der Waals surface area (Å²) in [4.78, 5) is 0. The molecule has 0 radical (unpaired) electrons. The van der Waals surface area contributed by atoms with Crippen molar-refractivity contribution in [3.8, 4) is 0 Å². The minimum Gasteiger partial charge on any atom is -0.374 e. The van der Waals surface area contributed by atoms with Crippen molar-refractivity contribution in [2.24, 2.45) is 0 Å². The van der Waals surface area contributed by atoms with Gasteiger partial charge in [0.1, 0.15) is 0 Å². The second-order valence-corrected chi connectivity index (χ2v) is 11.1. The molecule has 3 heteroatoms. The van der Waals surface area contributed by atoms with E-state index in [1.807, 2.05) is 11.8 Å². The number of thioether (sulfide) groups is 1. The molecule has 1 aromatic rings. The lowest BCUT2D eigenvalue weighted by molar-refractivity contribution is 0.259. The Balaban J connectivity index is 2.42. The van der Waals surface area contributed by atoms with Gasteiger partial charge in [0.05, 0.1) is 14.0 Å². The third kappa shape index (κ3) is 5.40. The lowest BCUT2D eigenvalue weighted by atomic mass is 10.2. The maximum atomic E-state index is 5.07. The molecule has 15 heavy (non-hydrogen) atoms.